The number of nitrogens with zero attached hydrogens (tertiary/aromatic N) is 4. The summed E-state index contributed by atoms with van der Waals surface area (Å²) in [6.07, 6.45) is 0.587. The lowest BCUT2D eigenvalue weighted by atomic mass is 10.4. The number of carbonyl (C=O) groups is 2. The number of esters is 1. The van der Waals surface area contributed by atoms with Gasteiger partial charge in [-0.05, 0) is 10.4 Å². The first-order valence-electron chi connectivity index (χ1n) is 4.48. The topological polar surface area (TPSA) is 107 Å². The Bertz CT molecular complexity index is 420. The molecule has 0 bridgehead atoms. The van der Waals surface area contributed by atoms with Crippen LogP contribution in [0.15, 0.2) is 5.16 Å². The van der Waals surface area contributed by atoms with E-state index in [0.717, 1.165) is 16.4 Å². The lowest BCUT2D eigenvalue weighted by molar-refractivity contribution is -0.138. The average Bonchev–Trinajstić information content (AvgIpc) is 2.78. The maximum Gasteiger partial charge on any atom is 0.325 e. The molecule has 0 spiro atoms. The zero-order chi connectivity index (χ0) is 11.5. The first-order valence-corrected chi connectivity index (χ1v) is 5.36. The van der Waals surface area contributed by atoms with Gasteiger partial charge in [0.15, 0.2) is 0 Å². The largest absolute Gasteiger partial charge is 0.480 e. The van der Waals surface area contributed by atoms with Crippen molar-refractivity contribution >= 4 is 23.7 Å². The van der Waals surface area contributed by atoms with E-state index >= 15 is 0 Å². The van der Waals surface area contributed by atoms with Crippen LogP contribution >= 0.6 is 11.8 Å². The number of hydrogen-bond acceptors (Lipinski definition) is 7. The molecule has 1 unspecified atom stereocenters. The van der Waals surface area contributed by atoms with Gasteiger partial charge < -0.3 is 9.84 Å². The van der Waals surface area contributed by atoms with Crippen molar-refractivity contribution in [1.29, 1.82) is 0 Å². The first kappa shape index (κ1) is 10.9. The maximum absolute atomic E-state index is 11.2. The van der Waals surface area contributed by atoms with Crippen LogP contribution in [0.5, 0.6) is 0 Å². The minimum Gasteiger partial charge on any atom is -0.480 e. The van der Waals surface area contributed by atoms with Crippen molar-refractivity contribution < 1.29 is 19.4 Å². The second-order valence-corrected chi connectivity index (χ2v) is 4.25. The highest BCUT2D eigenvalue weighted by Crippen LogP contribution is 2.27. The summed E-state index contributed by atoms with van der Waals surface area (Å²) in [6.45, 7) is 0.0636. The van der Waals surface area contributed by atoms with Crippen LogP contribution in [0, 0.1) is 0 Å². The number of thioether (sulfide) groups is 1. The van der Waals surface area contributed by atoms with Gasteiger partial charge in [0.1, 0.15) is 11.8 Å². The molecule has 0 saturated carbocycles. The molecule has 1 N–H and O–H groups in total. The summed E-state index contributed by atoms with van der Waals surface area (Å²) in [5, 5.41) is 19.1. The molecule has 1 aliphatic heterocycles. The van der Waals surface area contributed by atoms with E-state index in [4.69, 9.17) is 9.84 Å². The second-order valence-electron chi connectivity index (χ2n) is 3.08. The Morgan fingerprint density at radius 1 is 1.69 bits per heavy atom. The van der Waals surface area contributed by atoms with Gasteiger partial charge in [0, 0.05) is 6.42 Å². The molecule has 0 aromatic carbocycles. The van der Waals surface area contributed by atoms with E-state index < -0.39 is 5.97 Å². The molecule has 1 aliphatic rings. The number of carboxylic acids is 1. The van der Waals surface area contributed by atoms with Crippen molar-refractivity contribution in [3.8, 4) is 0 Å². The van der Waals surface area contributed by atoms with Crippen LogP contribution in [0.4, 0.5) is 0 Å². The van der Waals surface area contributed by atoms with Crippen LogP contribution < -0.4 is 0 Å². The molecule has 16 heavy (non-hydrogen) atoms. The molecule has 1 aromatic heterocycles. The van der Waals surface area contributed by atoms with E-state index in [1.54, 1.807) is 0 Å². The number of hydrogen-bond donors (Lipinski definition) is 1. The fourth-order valence-electron chi connectivity index (χ4n) is 1.22. The molecule has 0 aliphatic carbocycles. The summed E-state index contributed by atoms with van der Waals surface area (Å²) in [7, 11) is 0. The average molecular weight is 244 g/mol. The van der Waals surface area contributed by atoms with Gasteiger partial charge in [0.2, 0.25) is 5.16 Å². The third kappa shape index (κ3) is 2.30. The summed E-state index contributed by atoms with van der Waals surface area (Å²) in [5.41, 5.74) is 0. The minimum absolute atomic E-state index is 0.310. The standard InChI is InChI=1S/C7H8N4O4S/c12-5(13)3-11-7(8-9-10-11)16-4-1-2-15-6(4)14/h4H,1-3H2,(H,12,13). The molecule has 2 rings (SSSR count). The molecular weight excluding hydrogens is 236 g/mol. The van der Waals surface area contributed by atoms with Crippen LogP contribution in [0.25, 0.3) is 0 Å². The van der Waals surface area contributed by atoms with Gasteiger partial charge in [-0.2, -0.15) is 0 Å². The molecular formula is C7H8N4O4S. The van der Waals surface area contributed by atoms with Gasteiger partial charge in [-0.25, -0.2) is 4.68 Å². The van der Waals surface area contributed by atoms with Crippen molar-refractivity contribution in [3.63, 3.8) is 0 Å². The molecule has 9 heteroatoms. The van der Waals surface area contributed by atoms with Gasteiger partial charge in [-0.3, -0.25) is 9.59 Å². The Morgan fingerprint density at radius 3 is 3.12 bits per heavy atom. The lowest BCUT2D eigenvalue weighted by Gasteiger charge is -2.03. The summed E-state index contributed by atoms with van der Waals surface area (Å²) < 4.78 is 5.92. The Kier molecular flexibility index (Phi) is 3.04. The normalized spacial score (nSPS) is 19.8. The van der Waals surface area contributed by atoms with Crippen LogP contribution in [0.3, 0.4) is 0 Å². The molecule has 86 valence electrons. The Morgan fingerprint density at radius 2 is 2.50 bits per heavy atom. The molecule has 0 radical (unpaired) electrons. The van der Waals surface area contributed by atoms with E-state index in [9.17, 15) is 9.59 Å². The van der Waals surface area contributed by atoms with Gasteiger partial charge in [-0.15, -0.1) is 5.10 Å². The Labute approximate surface area is 94.0 Å². The Hall–Kier alpha value is -1.64. The number of tetrazole rings is 1. The molecule has 2 heterocycles. The monoisotopic (exact) mass is 244 g/mol. The summed E-state index contributed by atoms with van der Waals surface area (Å²) in [6, 6.07) is 0. The lowest BCUT2D eigenvalue weighted by Crippen LogP contribution is -2.15. The highest BCUT2D eigenvalue weighted by atomic mass is 32.2. The zero-order valence-corrected chi connectivity index (χ0v) is 8.88. The highest BCUT2D eigenvalue weighted by molar-refractivity contribution is 8.00. The molecule has 8 nitrogen and oxygen atoms in total. The summed E-state index contributed by atoms with van der Waals surface area (Å²) in [4.78, 5) is 21.7. The molecule has 1 aromatic rings. The van der Waals surface area contributed by atoms with E-state index in [2.05, 4.69) is 15.5 Å². The smallest absolute Gasteiger partial charge is 0.325 e. The molecule has 0 amide bonds. The number of aliphatic carboxylic acids is 1. The fourth-order valence-corrected chi connectivity index (χ4v) is 2.16. The summed E-state index contributed by atoms with van der Waals surface area (Å²) >= 11 is 1.12. The van der Waals surface area contributed by atoms with Gasteiger partial charge in [0.05, 0.1) is 6.61 Å². The molecule has 1 fully saturated rings. The van der Waals surface area contributed by atoms with Crippen molar-refractivity contribution in [2.45, 2.75) is 23.4 Å². The van der Waals surface area contributed by atoms with Crippen molar-refractivity contribution in [3.05, 3.63) is 0 Å². The number of cyclic esters (lactones) is 1. The second kappa shape index (κ2) is 4.47. The predicted octanol–water partition coefficient (Wildman–Crippen LogP) is -0.835. The number of carboxylic acid groups (broad SMARTS) is 1. The van der Waals surface area contributed by atoms with Crippen molar-refractivity contribution in [2.75, 3.05) is 6.61 Å². The summed E-state index contributed by atoms with van der Waals surface area (Å²) in [5.74, 6) is -1.35. The van der Waals surface area contributed by atoms with Crippen LogP contribution in [-0.2, 0) is 20.9 Å². The molecule has 1 saturated heterocycles. The first-order chi connectivity index (χ1) is 7.66. The van der Waals surface area contributed by atoms with Crippen molar-refractivity contribution in [2.24, 2.45) is 0 Å². The number of aromatic nitrogens is 4. The predicted molar refractivity (Wildman–Crippen MR) is 50.7 cm³/mol. The fraction of sp³-hybridized carbons (Fsp3) is 0.571. The molecule has 1 atom stereocenters. The SMILES string of the molecule is O=C(O)Cn1nnnc1SC1CCOC1=O. The minimum atomic E-state index is -1.04. The van der Waals surface area contributed by atoms with Gasteiger partial charge >= 0.3 is 11.9 Å². The number of rotatable bonds is 4. The van der Waals surface area contributed by atoms with Gasteiger partial charge in [-0.1, -0.05) is 11.8 Å². The quantitative estimate of drug-likeness (QED) is 0.683. The van der Waals surface area contributed by atoms with Crippen LogP contribution in [0.2, 0.25) is 0 Å². The number of ether oxygens (including phenoxy) is 1. The zero-order valence-electron chi connectivity index (χ0n) is 8.07. The maximum atomic E-state index is 11.2. The number of carbonyl (C=O) groups excluding carboxylic acids is 1. The highest BCUT2D eigenvalue weighted by Gasteiger charge is 2.29. The van der Waals surface area contributed by atoms with E-state index in [0.29, 0.717) is 18.2 Å². The van der Waals surface area contributed by atoms with Crippen LogP contribution in [0.1, 0.15) is 6.42 Å². The third-order valence-corrected chi connectivity index (χ3v) is 3.13. The van der Waals surface area contributed by atoms with Crippen molar-refractivity contribution in [1.82, 2.24) is 20.2 Å². The third-order valence-electron chi connectivity index (χ3n) is 1.92. The Balaban J connectivity index is 2.06. The van der Waals surface area contributed by atoms with Gasteiger partial charge in [0.25, 0.3) is 0 Å². The van der Waals surface area contributed by atoms with E-state index in [-0.39, 0.29) is 17.8 Å². The van der Waals surface area contributed by atoms with Crippen LogP contribution in [-0.4, -0.2) is 49.1 Å². The van der Waals surface area contributed by atoms with E-state index in [1.165, 1.54) is 0 Å². The van der Waals surface area contributed by atoms with E-state index in [1.807, 2.05) is 0 Å².